The highest BCUT2D eigenvalue weighted by molar-refractivity contribution is 9.10. The number of carbonyl (C=O) groups excluding carboxylic acids is 2. The lowest BCUT2D eigenvalue weighted by Gasteiger charge is -2.10. The number of hydrogen-bond acceptors (Lipinski definition) is 4. The lowest BCUT2D eigenvalue weighted by molar-refractivity contribution is -0.145. The van der Waals surface area contributed by atoms with Gasteiger partial charge in [0, 0.05) is 15.7 Å². The number of nitrogens with zero attached hydrogens (tertiary/aromatic N) is 1. The summed E-state index contributed by atoms with van der Waals surface area (Å²) in [6, 6.07) is 5.29. The lowest BCUT2D eigenvalue weighted by Crippen LogP contribution is -2.25. The van der Waals surface area contributed by atoms with Gasteiger partial charge in [0.25, 0.3) is 5.91 Å². The van der Waals surface area contributed by atoms with E-state index in [4.69, 9.17) is 4.74 Å². The molecule has 5 nitrogen and oxygen atoms in total. The van der Waals surface area contributed by atoms with E-state index in [-0.39, 0.29) is 11.9 Å². The number of benzene rings is 1. The molecule has 1 amide bonds. The van der Waals surface area contributed by atoms with Crippen molar-refractivity contribution in [3.8, 4) is 0 Å². The summed E-state index contributed by atoms with van der Waals surface area (Å²) < 4.78 is 5.76. The zero-order chi connectivity index (χ0) is 16.0. The van der Waals surface area contributed by atoms with E-state index in [0.717, 1.165) is 10.0 Å². The minimum absolute atomic E-state index is 0.320. The van der Waals surface area contributed by atoms with E-state index >= 15 is 0 Å². The summed E-state index contributed by atoms with van der Waals surface area (Å²) in [6.07, 6.45) is 0. The lowest BCUT2D eigenvalue weighted by atomic mass is 10.1. The van der Waals surface area contributed by atoms with Gasteiger partial charge in [-0.2, -0.15) is 5.10 Å². The summed E-state index contributed by atoms with van der Waals surface area (Å²) >= 11 is 3.38. The first-order chi connectivity index (χ1) is 9.86. The highest BCUT2D eigenvalue weighted by Crippen LogP contribution is 2.17. The first-order valence-electron chi connectivity index (χ1n) is 6.64. The molecule has 0 radical (unpaired) electrons. The Labute approximate surface area is 132 Å². The number of hydrazone groups is 1. The van der Waals surface area contributed by atoms with Gasteiger partial charge in [0.2, 0.25) is 0 Å². The van der Waals surface area contributed by atoms with Crippen molar-refractivity contribution in [2.75, 3.05) is 6.61 Å². The molecule has 6 heteroatoms. The number of carbonyl (C=O) groups is 2. The molecular formula is C15H19BrN2O3. The van der Waals surface area contributed by atoms with Gasteiger partial charge in [-0.15, -0.1) is 0 Å². The average Bonchev–Trinajstić information content (AvgIpc) is 2.46. The molecule has 1 aromatic rings. The molecule has 0 spiro atoms. The number of hydrogen-bond donors (Lipinski definition) is 1. The molecule has 21 heavy (non-hydrogen) atoms. The van der Waals surface area contributed by atoms with Gasteiger partial charge >= 0.3 is 5.97 Å². The van der Waals surface area contributed by atoms with Crippen LogP contribution in [0.2, 0.25) is 0 Å². The van der Waals surface area contributed by atoms with Crippen molar-refractivity contribution < 1.29 is 14.3 Å². The third kappa shape index (κ3) is 4.97. The topological polar surface area (TPSA) is 67.8 Å². The molecular weight excluding hydrogens is 336 g/mol. The summed E-state index contributed by atoms with van der Waals surface area (Å²) in [4.78, 5) is 23.5. The van der Waals surface area contributed by atoms with E-state index in [1.165, 1.54) is 0 Å². The van der Waals surface area contributed by atoms with Crippen LogP contribution in [0.15, 0.2) is 27.8 Å². The van der Waals surface area contributed by atoms with Crippen molar-refractivity contribution in [2.45, 2.75) is 27.7 Å². The van der Waals surface area contributed by atoms with Gasteiger partial charge in [0.05, 0.1) is 12.5 Å². The van der Waals surface area contributed by atoms with Gasteiger partial charge in [0.1, 0.15) is 0 Å². The van der Waals surface area contributed by atoms with Gasteiger partial charge in [0.15, 0.2) is 0 Å². The maximum atomic E-state index is 12.0. The van der Waals surface area contributed by atoms with Gasteiger partial charge in [-0.3, -0.25) is 9.59 Å². The number of rotatable bonds is 5. The molecule has 0 aliphatic rings. The van der Waals surface area contributed by atoms with Crippen LogP contribution in [0.5, 0.6) is 0 Å². The minimum Gasteiger partial charge on any atom is -0.465 e. The van der Waals surface area contributed by atoms with Gasteiger partial charge in [-0.25, -0.2) is 5.43 Å². The quantitative estimate of drug-likeness (QED) is 0.501. The Bertz CT molecular complexity index is 570. The molecule has 1 atom stereocenters. The van der Waals surface area contributed by atoms with E-state index in [9.17, 15) is 9.59 Å². The Kier molecular flexibility index (Phi) is 6.55. The van der Waals surface area contributed by atoms with Crippen molar-refractivity contribution in [3.05, 3.63) is 33.8 Å². The van der Waals surface area contributed by atoms with Crippen LogP contribution < -0.4 is 5.43 Å². The maximum absolute atomic E-state index is 12.0. The van der Waals surface area contributed by atoms with Crippen LogP contribution in [0.1, 0.15) is 36.7 Å². The first-order valence-corrected chi connectivity index (χ1v) is 7.43. The monoisotopic (exact) mass is 354 g/mol. The van der Waals surface area contributed by atoms with E-state index in [2.05, 4.69) is 26.5 Å². The Morgan fingerprint density at radius 1 is 1.43 bits per heavy atom. The molecule has 0 heterocycles. The van der Waals surface area contributed by atoms with E-state index < -0.39 is 5.92 Å². The van der Waals surface area contributed by atoms with Gasteiger partial charge in [-0.1, -0.05) is 22.0 Å². The molecule has 0 aliphatic carbocycles. The highest BCUT2D eigenvalue weighted by Gasteiger charge is 2.17. The third-order valence-corrected chi connectivity index (χ3v) is 3.89. The summed E-state index contributed by atoms with van der Waals surface area (Å²) in [5.41, 5.74) is 4.47. The number of ether oxygens (including phenoxy) is 1. The van der Waals surface area contributed by atoms with Crippen LogP contribution in [-0.4, -0.2) is 24.2 Å². The second-order valence-corrected chi connectivity index (χ2v) is 5.49. The molecule has 1 N–H and O–H groups in total. The van der Waals surface area contributed by atoms with Gasteiger partial charge in [-0.05, 0) is 45.4 Å². The summed E-state index contributed by atoms with van der Waals surface area (Å²) in [5.74, 6) is -1.17. The van der Waals surface area contributed by atoms with Crippen LogP contribution in [0, 0.1) is 12.8 Å². The summed E-state index contributed by atoms with van der Waals surface area (Å²) in [6.45, 7) is 7.36. The first kappa shape index (κ1) is 17.4. The van der Waals surface area contributed by atoms with Crippen molar-refractivity contribution in [2.24, 2.45) is 11.0 Å². The van der Waals surface area contributed by atoms with Crippen LogP contribution in [0.3, 0.4) is 0 Å². The highest BCUT2D eigenvalue weighted by atomic mass is 79.9. The number of nitrogens with one attached hydrogen (secondary N) is 1. The Morgan fingerprint density at radius 3 is 2.67 bits per heavy atom. The molecule has 0 bridgehead atoms. The maximum Gasteiger partial charge on any atom is 0.314 e. The summed E-state index contributed by atoms with van der Waals surface area (Å²) in [5, 5.41) is 3.96. The molecule has 0 aromatic heterocycles. The predicted molar refractivity (Wildman–Crippen MR) is 85.3 cm³/mol. The molecule has 0 saturated heterocycles. The largest absolute Gasteiger partial charge is 0.465 e. The fraction of sp³-hybridized carbons (Fsp3) is 0.400. The summed E-state index contributed by atoms with van der Waals surface area (Å²) in [7, 11) is 0. The predicted octanol–water partition coefficient (Wildman–Crippen LogP) is 3.06. The normalized spacial score (nSPS) is 12.7. The minimum atomic E-state index is -0.491. The van der Waals surface area contributed by atoms with E-state index in [0.29, 0.717) is 17.9 Å². The fourth-order valence-corrected chi connectivity index (χ4v) is 1.85. The zero-order valence-electron chi connectivity index (χ0n) is 12.6. The van der Waals surface area contributed by atoms with E-state index in [1.54, 1.807) is 32.9 Å². The Balaban J connectivity index is 2.72. The van der Waals surface area contributed by atoms with Crippen LogP contribution in [0.4, 0.5) is 0 Å². The number of esters is 1. The second-order valence-electron chi connectivity index (χ2n) is 4.63. The van der Waals surface area contributed by atoms with Gasteiger partial charge < -0.3 is 4.74 Å². The standard InChI is InChI=1S/C15H19BrN2O3/c1-5-21-15(20)10(3)11(4)17-18-14(19)12-7-6-9(2)13(16)8-12/h6-8,10H,5H2,1-4H3,(H,18,19)/b17-11+. The van der Waals surface area contributed by atoms with Crippen molar-refractivity contribution in [3.63, 3.8) is 0 Å². The fourth-order valence-electron chi connectivity index (χ4n) is 1.47. The molecule has 0 saturated carbocycles. The molecule has 1 aromatic carbocycles. The second kappa shape index (κ2) is 7.93. The smallest absolute Gasteiger partial charge is 0.314 e. The van der Waals surface area contributed by atoms with Crippen molar-refractivity contribution in [1.82, 2.24) is 5.43 Å². The Morgan fingerprint density at radius 2 is 2.10 bits per heavy atom. The molecule has 1 rings (SSSR count). The van der Waals surface area contributed by atoms with Crippen LogP contribution in [-0.2, 0) is 9.53 Å². The number of aryl methyl sites for hydroxylation is 1. The molecule has 0 aliphatic heterocycles. The molecule has 114 valence electrons. The molecule has 1 unspecified atom stereocenters. The third-order valence-electron chi connectivity index (χ3n) is 3.03. The number of halogens is 1. The number of amides is 1. The van der Waals surface area contributed by atoms with Crippen LogP contribution in [0.25, 0.3) is 0 Å². The average molecular weight is 355 g/mol. The SMILES string of the molecule is CCOC(=O)C(C)/C(C)=N/NC(=O)c1ccc(C)c(Br)c1. The zero-order valence-corrected chi connectivity index (χ0v) is 14.2. The Hall–Kier alpha value is -1.69. The van der Waals surface area contributed by atoms with Crippen molar-refractivity contribution in [1.29, 1.82) is 0 Å². The van der Waals surface area contributed by atoms with Crippen molar-refractivity contribution >= 4 is 33.5 Å². The van der Waals surface area contributed by atoms with Crippen LogP contribution >= 0.6 is 15.9 Å². The molecule has 0 fully saturated rings. The van der Waals surface area contributed by atoms with E-state index in [1.807, 2.05) is 13.0 Å².